The van der Waals surface area contributed by atoms with Crippen molar-refractivity contribution >= 4 is 12.0 Å². The van der Waals surface area contributed by atoms with Crippen molar-refractivity contribution in [1.29, 1.82) is 0 Å². The lowest BCUT2D eigenvalue weighted by atomic mass is 9.90. The second kappa shape index (κ2) is 7.73. The third kappa shape index (κ3) is 4.72. The molecule has 2 rings (SSSR count). The maximum atomic E-state index is 11.6. The molecule has 0 aliphatic heterocycles. The molecule has 0 aromatic heterocycles. The number of benzene rings is 1. The lowest BCUT2D eigenvalue weighted by molar-refractivity contribution is -0.139. The van der Waals surface area contributed by atoms with Crippen LogP contribution in [-0.2, 0) is 9.53 Å². The molecule has 0 radical (unpaired) electrons. The van der Waals surface area contributed by atoms with Gasteiger partial charge in [-0.3, -0.25) is 0 Å². The molecule has 3 nitrogen and oxygen atoms in total. The molecule has 108 valence electrons. The molecule has 1 aromatic carbocycles. The average molecular weight is 274 g/mol. The third-order valence-electron chi connectivity index (χ3n) is 3.71. The fourth-order valence-corrected chi connectivity index (χ4v) is 2.48. The summed E-state index contributed by atoms with van der Waals surface area (Å²) in [5.41, 5.74) is 0.959. The SMILES string of the molecule is COc1ccc(C=CC(=O)OCC2CCCCC2)cc1. The zero-order valence-corrected chi connectivity index (χ0v) is 12.0. The Hall–Kier alpha value is -1.77. The minimum absolute atomic E-state index is 0.258. The van der Waals surface area contributed by atoms with Gasteiger partial charge in [0.05, 0.1) is 13.7 Å². The summed E-state index contributed by atoms with van der Waals surface area (Å²) in [7, 11) is 1.63. The van der Waals surface area contributed by atoms with E-state index >= 15 is 0 Å². The molecule has 0 unspecified atom stereocenters. The summed E-state index contributed by atoms with van der Waals surface area (Å²) in [5, 5.41) is 0. The molecular weight excluding hydrogens is 252 g/mol. The van der Waals surface area contributed by atoms with E-state index in [-0.39, 0.29) is 5.97 Å². The number of methoxy groups -OCH3 is 1. The predicted molar refractivity (Wildman–Crippen MR) is 79.6 cm³/mol. The summed E-state index contributed by atoms with van der Waals surface area (Å²) >= 11 is 0. The Morgan fingerprint density at radius 2 is 1.90 bits per heavy atom. The van der Waals surface area contributed by atoms with Gasteiger partial charge in [-0.1, -0.05) is 31.4 Å². The van der Waals surface area contributed by atoms with Crippen molar-refractivity contribution in [2.75, 3.05) is 13.7 Å². The molecule has 0 amide bonds. The van der Waals surface area contributed by atoms with E-state index in [2.05, 4.69) is 0 Å². The number of hydrogen-bond acceptors (Lipinski definition) is 3. The Bertz CT molecular complexity index is 442. The minimum Gasteiger partial charge on any atom is -0.497 e. The summed E-state index contributed by atoms with van der Waals surface area (Å²) in [6.45, 7) is 0.561. The minimum atomic E-state index is -0.258. The van der Waals surface area contributed by atoms with Gasteiger partial charge in [-0.15, -0.1) is 0 Å². The maximum Gasteiger partial charge on any atom is 0.330 e. The van der Waals surface area contributed by atoms with Crippen molar-refractivity contribution in [2.24, 2.45) is 5.92 Å². The Morgan fingerprint density at radius 3 is 2.55 bits per heavy atom. The Kier molecular flexibility index (Phi) is 5.66. The number of carbonyl (C=O) groups excluding carboxylic acids is 1. The van der Waals surface area contributed by atoms with Crippen LogP contribution in [-0.4, -0.2) is 19.7 Å². The summed E-state index contributed by atoms with van der Waals surface area (Å²) in [6.07, 6.45) is 9.49. The Morgan fingerprint density at radius 1 is 1.20 bits per heavy atom. The highest BCUT2D eigenvalue weighted by Gasteiger charge is 2.14. The normalized spacial score (nSPS) is 16.2. The van der Waals surface area contributed by atoms with Crippen molar-refractivity contribution in [3.63, 3.8) is 0 Å². The number of hydrogen-bond donors (Lipinski definition) is 0. The van der Waals surface area contributed by atoms with Gasteiger partial charge in [-0.05, 0) is 42.5 Å². The molecule has 1 aliphatic rings. The monoisotopic (exact) mass is 274 g/mol. The highest BCUT2D eigenvalue weighted by molar-refractivity contribution is 5.87. The molecule has 0 heterocycles. The highest BCUT2D eigenvalue weighted by atomic mass is 16.5. The first-order valence-corrected chi connectivity index (χ1v) is 7.27. The number of carbonyl (C=O) groups is 1. The molecule has 20 heavy (non-hydrogen) atoms. The van der Waals surface area contributed by atoms with Crippen molar-refractivity contribution in [3.05, 3.63) is 35.9 Å². The molecular formula is C17H22O3. The summed E-state index contributed by atoms with van der Waals surface area (Å²) in [4.78, 5) is 11.6. The maximum absolute atomic E-state index is 11.6. The Balaban J connectivity index is 1.76. The molecule has 0 bridgehead atoms. The van der Waals surface area contributed by atoms with Gasteiger partial charge in [0.2, 0.25) is 0 Å². The van der Waals surface area contributed by atoms with E-state index in [1.54, 1.807) is 13.2 Å². The van der Waals surface area contributed by atoms with Crippen LogP contribution >= 0.6 is 0 Å². The average Bonchev–Trinajstić information content (AvgIpc) is 2.52. The summed E-state index contributed by atoms with van der Waals surface area (Å²) in [6, 6.07) is 7.55. The lowest BCUT2D eigenvalue weighted by Crippen LogP contribution is -2.15. The topological polar surface area (TPSA) is 35.5 Å². The van der Waals surface area contributed by atoms with E-state index in [4.69, 9.17) is 9.47 Å². The standard InChI is InChI=1S/C17H22O3/c1-19-16-10-7-14(8-11-16)9-12-17(18)20-13-15-5-3-2-4-6-15/h7-12,15H,2-6,13H2,1H3. The van der Waals surface area contributed by atoms with Crippen LogP contribution in [0.15, 0.2) is 30.3 Å². The second-order valence-corrected chi connectivity index (χ2v) is 5.24. The van der Waals surface area contributed by atoms with Gasteiger partial charge in [0.15, 0.2) is 0 Å². The van der Waals surface area contributed by atoms with Crippen LogP contribution in [0.25, 0.3) is 6.08 Å². The first-order valence-electron chi connectivity index (χ1n) is 7.27. The van der Waals surface area contributed by atoms with Crippen LogP contribution in [0.5, 0.6) is 5.75 Å². The summed E-state index contributed by atoms with van der Waals surface area (Å²) in [5.74, 6) is 1.11. The molecule has 0 N–H and O–H groups in total. The largest absolute Gasteiger partial charge is 0.497 e. The molecule has 0 atom stereocenters. The van der Waals surface area contributed by atoms with E-state index in [1.165, 1.54) is 38.2 Å². The zero-order chi connectivity index (χ0) is 14.2. The molecule has 1 saturated carbocycles. The van der Waals surface area contributed by atoms with Gasteiger partial charge in [-0.25, -0.2) is 4.79 Å². The van der Waals surface area contributed by atoms with Crippen molar-refractivity contribution in [3.8, 4) is 5.75 Å². The molecule has 0 spiro atoms. The van der Waals surface area contributed by atoms with E-state index in [1.807, 2.05) is 24.3 Å². The van der Waals surface area contributed by atoms with Crippen LogP contribution in [0, 0.1) is 5.92 Å². The van der Waals surface area contributed by atoms with E-state index < -0.39 is 0 Å². The predicted octanol–water partition coefficient (Wildman–Crippen LogP) is 3.83. The van der Waals surface area contributed by atoms with Gasteiger partial charge in [0, 0.05) is 6.08 Å². The summed E-state index contributed by atoms with van der Waals surface area (Å²) < 4.78 is 10.4. The highest BCUT2D eigenvalue weighted by Crippen LogP contribution is 2.23. The van der Waals surface area contributed by atoms with E-state index in [0.717, 1.165) is 11.3 Å². The zero-order valence-electron chi connectivity index (χ0n) is 12.0. The van der Waals surface area contributed by atoms with E-state index in [9.17, 15) is 4.79 Å². The van der Waals surface area contributed by atoms with Crippen LogP contribution < -0.4 is 4.74 Å². The first kappa shape index (κ1) is 14.6. The van der Waals surface area contributed by atoms with Crippen LogP contribution in [0.4, 0.5) is 0 Å². The van der Waals surface area contributed by atoms with Crippen molar-refractivity contribution in [1.82, 2.24) is 0 Å². The molecule has 0 saturated heterocycles. The van der Waals surface area contributed by atoms with E-state index in [0.29, 0.717) is 12.5 Å². The molecule has 1 aliphatic carbocycles. The second-order valence-electron chi connectivity index (χ2n) is 5.24. The fraction of sp³-hybridized carbons (Fsp3) is 0.471. The number of esters is 1. The van der Waals surface area contributed by atoms with Gasteiger partial charge in [0.25, 0.3) is 0 Å². The molecule has 1 aromatic rings. The quantitative estimate of drug-likeness (QED) is 0.604. The molecule has 3 heteroatoms. The van der Waals surface area contributed by atoms with Gasteiger partial charge in [0.1, 0.15) is 5.75 Å². The fourth-order valence-electron chi connectivity index (χ4n) is 2.48. The Labute approximate surface area is 120 Å². The lowest BCUT2D eigenvalue weighted by Gasteiger charge is -2.20. The van der Waals surface area contributed by atoms with Crippen molar-refractivity contribution in [2.45, 2.75) is 32.1 Å². The first-order chi connectivity index (χ1) is 9.78. The number of ether oxygens (including phenoxy) is 2. The van der Waals surface area contributed by atoms with Crippen LogP contribution in [0.1, 0.15) is 37.7 Å². The smallest absolute Gasteiger partial charge is 0.330 e. The molecule has 1 fully saturated rings. The van der Waals surface area contributed by atoms with Gasteiger partial charge < -0.3 is 9.47 Å². The van der Waals surface area contributed by atoms with Crippen LogP contribution in [0.2, 0.25) is 0 Å². The van der Waals surface area contributed by atoms with Gasteiger partial charge in [-0.2, -0.15) is 0 Å². The van der Waals surface area contributed by atoms with Crippen molar-refractivity contribution < 1.29 is 14.3 Å². The van der Waals surface area contributed by atoms with Crippen LogP contribution in [0.3, 0.4) is 0 Å². The van der Waals surface area contributed by atoms with Gasteiger partial charge >= 0.3 is 5.97 Å². The third-order valence-corrected chi connectivity index (χ3v) is 3.71. The number of rotatable bonds is 5.